The van der Waals surface area contributed by atoms with E-state index in [-0.39, 0.29) is 0 Å². The van der Waals surface area contributed by atoms with Crippen molar-refractivity contribution in [3.05, 3.63) is 168 Å². The molecule has 2 heteroatoms. The van der Waals surface area contributed by atoms with Crippen LogP contribution in [0.3, 0.4) is 0 Å². The highest BCUT2D eigenvalue weighted by Gasteiger charge is 2.19. The molecule has 0 unspecified atom stereocenters. The highest BCUT2D eigenvalue weighted by Crippen LogP contribution is 2.44. The Labute approximate surface area is 229 Å². The number of benzene rings is 4. The van der Waals surface area contributed by atoms with Crippen LogP contribution in [0.4, 0.5) is 0 Å². The molecule has 0 saturated heterocycles. The molecule has 182 valence electrons. The molecule has 0 atom stereocenters. The minimum atomic E-state index is 1.18. The van der Waals surface area contributed by atoms with Gasteiger partial charge in [0.05, 0.1) is 0 Å². The van der Waals surface area contributed by atoms with Crippen molar-refractivity contribution in [1.82, 2.24) is 0 Å². The summed E-state index contributed by atoms with van der Waals surface area (Å²) in [6.07, 6.45) is 6.93. The number of hydrogen-bond acceptors (Lipinski definition) is 1. The van der Waals surface area contributed by atoms with Crippen molar-refractivity contribution in [2.75, 3.05) is 0 Å². The fourth-order valence-electron chi connectivity index (χ4n) is 4.82. The molecule has 2 heterocycles. The van der Waals surface area contributed by atoms with Crippen molar-refractivity contribution in [3.63, 3.8) is 0 Å². The summed E-state index contributed by atoms with van der Waals surface area (Å²) in [5.41, 5.74) is 9.61. The summed E-state index contributed by atoms with van der Waals surface area (Å²) < 4.78 is 2.29. The van der Waals surface area contributed by atoms with E-state index in [9.17, 15) is 0 Å². The smallest absolute Gasteiger partial charge is 0.194 e. The van der Waals surface area contributed by atoms with Crippen molar-refractivity contribution in [2.24, 2.45) is 7.05 Å². The van der Waals surface area contributed by atoms with Gasteiger partial charge in [-0.05, 0) is 64.8 Å². The van der Waals surface area contributed by atoms with Crippen LogP contribution in [0.25, 0.3) is 38.4 Å². The second-order valence-electron chi connectivity index (χ2n) is 9.35. The van der Waals surface area contributed by atoms with Crippen LogP contribution in [0.15, 0.2) is 151 Å². The first kappa shape index (κ1) is 24.0. The van der Waals surface area contributed by atoms with Gasteiger partial charge in [-0.1, -0.05) is 109 Å². The normalized spacial score (nSPS) is 13.0. The van der Waals surface area contributed by atoms with Crippen LogP contribution in [-0.4, -0.2) is 0 Å². The van der Waals surface area contributed by atoms with Gasteiger partial charge in [0.2, 0.25) is 11.4 Å². The minimum absolute atomic E-state index is 1.18. The van der Waals surface area contributed by atoms with E-state index in [1.807, 2.05) is 11.8 Å². The molecule has 0 amide bonds. The zero-order valence-corrected chi connectivity index (χ0v) is 22.1. The largest absolute Gasteiger partial charge is 0.213 e. The van der Waals surface area contributed by atoms with E-state index in [1.54, 1.807) is 0 Å². The van der Waals surface area contributed by atoms with Gasteiger partial charge in [0, 0.05) is 33.1 Å². The predicted molar refractivity (Wildman–Crippen MR) is 163 cm³/mol. The van der Waals surface area contributed by atoms with Crippen LogP contribution < -0.4 is 4.57 Å². The average Bonchev–Trinajstić information content (AvgIpc) is 2.99. The molecule has 0 saturated carbocycles. The van der Waals surface area contributed by atoms with Gasteiger partial charge in [-0.2, -0.15) is 4.57 Å². The third-order valence-corrected chi connectivity index (χ3v) is 7.88. The van der Waals surface area contributed by atoms with Crippen LogP contribution in [-0.2, 0) is 7.05 Å². The van der Waals surface area contributed by atoms with E-state index < -0.39 is 0 Å². The maximum Gasteiger partial charge on any atom is 0.213 e. The number of thioether (sulfide) groups is 1. The van der Waals surface area contributed by atoms with Crippen LogP contribution in [0.2, 0.25) is 0 Å². The van der Waals surface area contributed by atoms with Crippen molar-refractivity contribution in [3.8, 4) is 22.5 Å². The van der Waals surface area contributed by atoms with Gasteiger partial charge >= 0.3 is 0 Å². The number of nitrogens with zero attached hydrogens (tertiary/aromatic N) is 1. The molecule has 4 aromatic carbocycles. The number of hydrogen-bond donors (Lipinski definition) is 0. The first-order valence-corrected chi connectivity index (χ1v) is 13.6. The topological polar surface area (TPSA) is 3.88 Å². The highest BCUT2D eigenvalue weighted by molar-refractivity contribution is 8.16. The van der Waals surface area contributed by atoms with Gasteiger partial charge < -0.3 is 0 Å². The molecule has 0 N–H and O–H groups in total. The second kappa shape index (κ2) is 10.9. The second-order valence-corrected chi connectivity index (χ2v) is 10.4. The Kier molecular flexibility index (Phi) is 6.89. The lowest BCUT2D eigenvalue weighted by Gasteiger charge is -2.17. The highest BCUT2D eigenvalue weighted by atomic mass is 32.2. The van der Waals surface area contributed by atoms with Gasteiger partial charge in [0.1, 0.15) is 7.05 Å². The van der Waals surface area contributed by atoms with Crippen LogP contribution >= 0.6 is 11.8 Å². The quantitative estimate of drug-likeness (QED) is 0.215. The number of aromatic nitrogens is 1. The standard InChI is InChI=1S/C36H28NS/c1-37-33(29-14-6-2-7-15-29)23-27(24-34(37)30-16-8-3-9-17-30)22-28-25-35(31-18-10-4-11-19-31)38-36(26-28)32-20-12-5-13-21-32/h2-26H,1H3/q+1. The molecule has 1 aromatic heterocycles. The van der Waals surface area contributed by atoms with Crippen molar-refractivity contribution < 1.29 is 4.57 Å². The number of rotatable bonds is 5. The average molecular weight is 507 g/mol. The molecule has 0 fully saturated rings. The molecule has 0 bridgehead atoms. The van der Waals surface area contributed by atoms with Gasteiger partial charge in [-0.25, -0.2) is 0 Å². The summed E-state index contributed by atoms with van der Waals surface area (Å²) in [7, 11) is 2.15. The molecule has 5 aromatic rings. The Hall–Kier alpha value is -4.40. The summed E-state index contributed by atoms with van der Waals surface area (Å²) in [6, 6.07) is 47.2. The Morgan fingerprint density at radius 2 is 0.868 bits per heavy atom. The fraction of sp³-hybridized carbons (Fsp3) is 0.0278. The zero-order chi connectivity index (χ0) is 25.7. The number of allylic oxidation sites excluding steroid dienone is 3. The third kappa shape index (κ3) is 5.18. The van der Waals surface area contributed by atoms with E-state index >= 15 is 0 Å². The van der Waals surface area contributed by atoms with Gasteiger partial charge in [-0.3, -0.25) is 0 Å². The first-order chi connectivity index (χ1) is 18.7. The molecule has 1 nitrogen and oxygen atoms in total. The van der Waals surface area contributed by atoms with Crippen LogP contribution in [0.5, 0.6) is 0 Å². The van der Waals surface area contributed by atoms with Crippen LogP contribution in [0.1, 0.15) is 16.7 Å². The van der Waals surface area contributed by atoms with E-state index in [0.29, 0.717) is 0 Å². The van der Waals surface area contributed by atoms with E-state index in [2.05, 4.69) is 163 Å². The number of pyridine rings is 1. The monoisotopic (exact) mass is 506 g/mol. The Bertz CT molecular complexity index is 1530. The zero-order valence-electron chi connectivity index (χ0n) is 21.3. The maximum atomic E-state index is 2.31. The molecule has 0 aliphatic carbocycles. The fourth-order valence-corrected chi connectivity index (χ4v) is 5.96. The first-order valence-electron chi connectivity index (χ1n) is 12.8. The SMILES string of the molecule is C[n+]1c(-c2ccccc2)cc(C=C2C=C(c3ccccc3)SC(c3ccccc3)=C2)cc1-c1ccccc1. The summed E-state index contributed by atoms with van der Waals surface area (Å²) in [5, 5.41) is 0. The van der Waals surface area contributed by atoms with Gasteiger partial charge in [0.15, 0.2) is 0 Å². The Morgan fingerprint density at radius 3 is 1.26 bits per heavy atom. The van der Waals surface area contributed by atoms with Gasteiger partial charge in [-0.15, -0.1) is 0 Å². The van der Waals surface area contributed by atoms with E-state index in [1.165, 1.54) is 54.6 Å². The Morgan fingerprint density at radius 1 is 0.500 bits per heavy atom. The molecule has 6 rings (SSSR count). The summed E-state index contributed by atoms with van der Waals surface area (Å²) >= 11 is 1.83. The lowest BCUT2D eigenvalue weighted by Crippen LogP contribution is -2.34. The lowest BCUT2D eigenvalue weighted by atomic mass is 10.0. The molecular formula is C36H28NS+. The van der Waals surface area contributed by atoms with Crippen molar-refractivity contribution in [1.29, 1.82) is 0 Å². The van der Waals surface area contributed by atoms with Crippen molar-refractivity contribution >= 4 is 27.6 Å². The maximum absolute atomic E-state index is 2.31. The summed E-state index contributed by atoms with van der Waals surface area (Å²) in [5.74, 6) is 0. The molecular weight excluding hydrogens is 478 g/mol. The minimum Gasteiger partial charge on any atom is -0.194 e. The van der Waals surface area contributed by atoms with Crippen molar-refractivity contribution in [2.45, 2.75) is 0 Å². The Balaban J connectivity index is 1.52. The third-order valence-electron chi connectivity index (χ3n) is 6.73. The summed E-state index contributed by atoms with van der Waals surface area (Å²) in [4.78, 5) is 2.51. The molecule has 0 spiro atoms. The lowest BCUT2D eigenvalue weighted by molar-refractivity contribution is -0.649. The van der Waals surface area contributed by atoms with Gasteiger partial charge in [0.25, 0.3) is 0 Å². The molecule has 38 heavy (non-hydrogen) atoms. The van der Waals surface area contributed by atoms with Crippen LogP contribution in [0, 0.1) is 0 Å². The summed E-state index contributed by atoms with van der Waals surface area (Å²) in [6.45, 7) is 0. The van der Waals surface area contributed by atoms with E-state index in [0.717, 1.165) is 0 Å². The molecule has 1 aliphatic heterocycles. The van der Waals surface area contributed by atoms with E-state index in [4.69, 9.17) is 0 Å². The molecule has 1 aliphatic rings. The molecule has 0 radical (unpaired) electrons. The predicted octanol–water partition coefficient (Wildman–Crippen LogP) is 9.06.